The van der Waals surface area contributed by atoms with Crippen molar-refractivity contribution in [1.82, 2.24) is 24.9 Å². The van der Waals surface area contributed by atoms with Gasteiger partial charge in [0.05, 0.1) is 0 Å². The summed E-state index contributed by atoms with van der Waals surface area (Å²) in [4.78, 5) is 23.5. The predicted octanol–water partition coefficient (Wildman–Crippen LogP) is 9.82. The number of nitrogens with zero attached hydrogens (tertiary/aromatic N) is 5. The van der Waals surface area contributed by atoms with Gasteiger partial charge in [0.15, 0.2) is 23.3 Å². The summed E-state index contributed by atoms with van der Waals surface area (Å²) < 4.78 is 0. The molecule has 2 aromatic heterocycles. The monoisotopic (exact) mass is 589 g/mol. The highest BCUT2D eigenvalue weighted by atomic mass is 15.0. The molecule has 6 aromatic carbocycles. The van der Waals surface area contributed by atoms with Gasteiger partial charge in [-0.15, -0.1) is 0 Å². The molecule has 5 nitrogen and oxygen atoms in total. The molecule has 0 N–H and O–H groups in total. The predicted molar refractivity (Wildman–Crippen MR) is 186 cm³/mol. The highest BCUT2D eigenvalue weighted by Gasteiger charge is 2.15. The molecular formula is C41H27N5. The van der Waals surface area contributed by atoms with Crippen LogP contribution in [0, 0.1) is 0 Å². The van der Waals surface area contributed by atoms with Crippen LogP contribution in [0.3, 0.4) is 0 Å². The Balaban J connectivity index is 1.22. The van der Waals surface area contributed by atoms with Gasteiger partial charge in [-0.3, -0.25) is 0 Å². The third kappa shape index (κ3) is 5.31. The van der Waals surface area contributed by atoms with Crippen LogP contribution in [0.2, 0.25) is 0 Å². The van der Waals surface area contributed by atoms with Gasteiger partial charge in [0.2, 0.25) is 0 Å². The van der Waals surface area contributed by atoms with Crippen LogP contribution in [0.1, 0.15) is 0 Å². The lowest BCUT2D eigenvalue weighted by atomic mass is 9.89. The fraction of sp³-hybridized carbons (Fsp3) is 0. The Morgan fingerprint density at radius 1 is 0.304 bits per heavy atom. The average molecular weight is 590 g/mol. The fourth-order valence-corrected chi connectivity index (χ4v) is 5.79. The van der Waals surface area contributed by atoms with Gasteiger partial charge in [-0.1, -0.05) is 146 Å². The number of rotatable bonds is 6. The van der Waals surface area contributed by atoms with Crippen molar-refractivity contribution in [2.24, 2.45) is 0 Å². The van der Waals surface area contributed by atoms with E-state index in [2.05, 4.69) is 94.9 Å². The molecule has 8 aromatic rings. The second-order valence-corrected chi connectivity index (χ2v) is 11.0. The summed E-state index contributed by atoms with van der Waals surface area (Å²) in [5.74, 6) is 2.65. The van der Waals surface area contributed by atoms with Gasteiger partial charge in [-0.25, -0.2) is 24.9 Å². The smallest absolute Gasteiger partial charge is 0.164 e. The third-order valence-corrected chi connectivity index (χ3v) is 8.08. The fourth-order valence-electron chi connectivity index (χ4n) is 5.79. The van der Waals surface area contributed by atoms with E-state index in [0.717, 1.165) is 38.9 Å². The first kappa shape index (κ1) is 27.2. The zero-order chi connectivity index (χ0) is 30.7. The summed E-state index contributed by atoms with van der Waals surface area (Å²) >= 11 is 0. The lowest BCUT2D eigenvalue weighted by Crippen LogP contribution is -2.00. The van der Waals surface area contributed by atoms with Crippen molar-refractivity contribution in [3.05, 3.63) is 164 Å². The van der Waals surface area contributed by atoms with Gasteiger partial charge in [0.1, 0.15) is 0 Å². The summed E-state index contributed by atoms with van der Waals surface area (Å²) in [6.07, 6.45) is 3.53. The Labute approximate surface area is 267 Å². The summed E-state index contributed by atoms with van der Waals surface area (Å²) in [7, 11) is 0. The standard InChI is InChI=1S/C41H27N5/c1-3-11-31(12-4-1)39-44-40(32-13-5-2-6-14-32)46-41(45-39)34-22-18-30(19-23-34)37-35-15-8-7-10-28(35)24-25-36(37)29-16-20-33(21-17-29)38-42-26-9-27-43-38/h1-27H. The topological polar surface area (TPSA) is 64.5 Å². The minimum absolute atomic E-state index is 0.635. The summed E-state index contributed by atoms with van der Waals surface area (Å²) in [5, 5.41) is 2.39. The second kappa shape index (κ2) is 12.0. The van der Waals surface area contributed by atoms with Crippen LogP contribution in [-0.2, 0) is 0 Å². The van der Waals surface area contributed by atoms with Gasteiger partial charge in [0.25, 0.3) is 0 Å². The van der Waals surface area contributed by atoms with Crippen LogP contribution in [0.4, 0.5) is 0 Å². The maximum absolute atomic E-state index is 4.92. The van der Waals surface area contributed by atoms with E-state index in [0.29, 0.717) is 23.3 Å². The molecule has 0 amide bonds. The van der Waals surface area contributed by atoms with E-state index in [1.54, 1.807) is 12.4 Å². The molecule has 0 atom stereocenters. The highest BCUT2D eigenvalue weighted by Crippen LogP contribution is 2.39. The van der Waals surface area contributed by atoms with E-state index in [-0.39, 0.29) is 0 Å². The highest BCUT2D eigenvalue weighted by molar-refractivity contribution is 6.04. The summed E-state index contributed by atoms with van der Waals surface area (Å²) in [6, 6.07) is 51.9. The molecule has 0 unspecified atom stereocenters. The van der Waals surface area contributed by atoms with Gasteiger partial charge in [0, 0.05) is 34.6 Å². The number of hydrogen-bond donors (Lipinski definition) is 0. The molecule has 0 aliphatic rings. The van der Waals surface area contributed by atoms with Gasteiger partial charge in [-0.2, -0.15) is 0 Å². The number of hydrogen-bond acceptors (Lipinski definition) is 5. The van der Waals surface area contributed by atoms with Crippen molar-refractivity contribution in [3.8, 4) is 67.8 Å². The Kier molecular flexibility index (Phi) is 7.09. The maximum Gasteiger partial charge on any atom is 0.164 e. The van der Waals surface area contributed by atoms with E-state index in [1.807, 2.05) is 66.7 Å². The van der Waals surface area contributed by atoms with Crippen LogP contribution in [0.25, 0.3) is 78.6 Å². The molecule has 0 saturated carbocycles. The molecule has 0 aliphatic carbocycles. The zero-order valence-electron chi connectivity index (χ0n) is 24.8. The Hall–Kier alpha value is -6.33. The molecular weight excluding hydrogens is 562 g/mol. The quantitative estimate of drug-likeness (QED) is 0.193. The molecule has 2 heterocycles. The molecule has 0 fully saturated rings. The first-order chi connectivity index (χ1) is 22.8. The summed E-state index contributed by atoms with van der Waals surface area (Å²) in [5.41, 5.74) is 8.39. The largest absolute Gasteiger partial charge is 0.237 e. The molecule has 0 saturated heterocycles. The van der Waals surface area contributed by atoms with Crippen LogP contribution in [0.5, 0.6) is 0 Å². The number of fused-ring (bicyclic) bond motifs is 1. The molecule has 0 bridgehead atoms. The van der Waals surface area contributed by atoms with Gasteiger partial charge < -0.3 is 0 Å². The van der Waals surface area contributed by atoms with Gasteiger partial charge in [-0.05, 0) is 39.1 Å². The van der Waals surface area contributed by atoms with E-state index in [9.17, 15) is 0 Å². The number of benzene rings is 6. The number of aromatic nitrogens is 5. The van der Waals surface area contributed by atoms with E-state index < -0.39 is 0 Å². The molecule has 0 radical (unpaired) electrons. The SMILES string of the molecule is c1ccc(-c2nc(-c3ccccc3)nc(-c3ccc(-c4c(-c5ccc(-c6ncccn6)cc5)ccc5ccccc45)cc3)n2)cc1. The lowest BCUT2D eigenvalue weighted by molar-refractivity contribution is 1.07. The summed E-state index contributed by atoms with van der Waals surface area (Å²) in [6.45, 7) is 0. The van der Waals surface area contributed by atoms with Crippen LogP contribution >= 0.6 is 0 Å². The average Bonchev–Trinajstić information content (AvgIpc) is 3.15. The van der Waals surface area contributed by atoms with Crippen molar-refractivity contribution < 1.29 is 0 Å². The Morgan fingerprint density at radius 2 is 0.761 bits per heavy atom. The molecule has 216 valence electrons. The molecule has 8 rings (SSSR count). The van der Waals surface area contributed by atoms with Crippen molar-refractivity contribution in [2.75, 3.05) is 0 Å². The first-order valence-electron chi connectivity index (χ1n) is 15.2. The lowest BCUT2D eigenvalue weighted by Gasteiger charge is -2.15. The zero-order valence-corrected chi connectivity index (χ0v) is 24.8. The van der Waals surface area contributed by atoms with Crippen molar-refractivity contribution in [1.29, 1.82) is 0 Å². The molecule has 46 heavy (non-hydrogen) atoms. The van der Waals surface area contributed by atoms with Crippen molar-refractivity contribution in [2.45, 2.75) is 0 Å². The van der Waals surface area contributed by atoms with Crippen LogP contribution < -0.4 is 0 Å². The Morgan fingerprint density at radius 3 is 1.35 bits per heavy atom. The van der Waals surface area contributed by atoms with Crippen LogP contribution in [0.15, 0.2) is 164 Å². The first-order valence-corrected chi connectivity index (χ1v) is 15.2. The Bertz CT molecular complexity index is 2210. The second-order valence-electron chi connectivity index (χ2n) is 11.0. The van der Waals surface area contributed by atoms with Crippen molar-refractivity contribution in [3.63, 3.8) is 0 Å². The van der Waals surface area contributed by atoms with E-state index in [4.69, 9.17) is 15.0 Å². The van der Waals surface area contributed by atoms with Crippen molar-refractivity contribution >= 4 is 10.8 Å². The van der Waals surface area contributed by atoms with E-state index >= 15 is 0 Å². The maximum atomic E-state index is 4.92. The normalized spacial score (nSPS) is 11.0. The van der Waals surface area contributed by atoms with E-state index in [1.165, 1.54) is 16.3 Å². The minimum atomic E-state index is 0.635. The molecule has 0 aliphatic heterocycles. The molecule has 5 heteroatoms. The minimum Gasteiger partial charge on any atom is -0.237 e. The van der Waals surface area contributed by atoms with Crippen LogP contribution in [-0.4, -0.2) is 24.9 Å². The third-order valence-electron chi connectivity index (χ3n) is 8.08. The molecule has 0 spiro atoms. The van der Waals surface area contributed by atoms with Gasteiger partial charge >= 0.3 is 0 Å².